The second-order valence-corrected chi connectivity index (χ2v) is 8.55. The Kier molecular flexibility index (Phi) is 5.02. The molecule has 0 saturated heterocycles. The molecule has 6 heteroatoms. The van der Waals surface area contributed by atoms with Crippen LogP contribution in [0.1, 0.15) is 43.7 Å². The van der Waals surface area contributed by atoms with Crippen molar-refractivity contribution in [2.75, 3.05) is 12.4 Å². The van der Waals surface area contributed by atoms with Crippen LogP contribution < -0.4 is 0 Å². The highest BCUT2D eigenvalue weighted by atomic mass is 32.2. The number of carbonyl (C=O) groups excluding carboxylic acids is 1. The van der Waals surface area contributed by atoms with Crippen molar-refractivity contribution < 1.29 is 17.9 Å². The molecular weight excluding hydrogens is 278 g/mol. The summed E-state index contributed by atoms with van der Waals surface area (Å²) < 4.78 is 30.1. The van der Waals surface area contributed by atoms with E-state index in [0.717, 1.165) is 5.56 Å². The molecule has 0 fully saturated rings. The van der Waals surface area contributed by atoms with E-state index in [-0.39, 0.29) is 12.3 Å². The van der Waals surface area contributed by atoms with Crippen molar-refractivity contribution in [2.24, 2.45) is 0 Å². The molecule has 0 aliphatic rings. The minimum atomic E-state index is -3.21. The van der Waals surface area contributed by atoms with Crippen molar-refractivity contribution in [3.8, 4) is 0 Å². The first-order valence-electron chi connectivity index (χ1n) is 6.65. The second kappa shape index (κ2) is 5.99. The van der Waals surface area contributed by atoms with Crippen LogP contribution in [0.4, 0.5) is 0 Å². The standard InChI is InChI=1S/C14H23NO4S/c1-6-19-13(16)12-11(2)7-8-15(12)9-10-20(17,18)14(3,4)5/h7-8H,6,9-10H2,1-5H3. The first kappa shape index (κ1) is 16.8. The van der Waals surface area contributed by atoms with E-state index in [9.17, 15) is 13.2 Å². The molecule has 0 bridgehead atoms. The highest BCUT2D eigenvalue weighted by Crippen LogP contribution is 2.18. The van der Waals surface area contributed by atoms with Crippen LogP contribution in [-0.2, 0) is 21.1 Å². The summed E-state index contributed by atoms with van der Waals surface area (Å²) in [7, 11) is -3.21. The third kappa shape index (κ3) is 3.62. The maximum atomic E-state index is 12.1. The zero-order valence-corrected chi connectivity index (χ0v) is 13.6. The molecule has 5 nitrogen and oxygen atoms in total. The fourth-order valence-corrected chi connectivity index (χ4v) is 2.82. The van der Waals surface area contributed by atoms with Crippen molar-refractivity contribution in [1.82, 2.24) is 4.57 Å². The van der Waals surface area contributed by atoms with E-state index in [4.69, 9.17) is 4.74 Å². The van der Waals surface area contributed by atoms with Gasteiger partial charge in [-0.1, -0.05) is 0 Å². The molecule has 0 amide bonds. The van der Waals surface area contributed by atoms with Crippen molar-refractivity contribution in [1.29, 1.82) is 0 Å². The van der Waals surface area contributed by atoms with Crippen molar-refractivity contribution in [3.05, 3.63) is 23.5 Å². The van der Waals surface area contributed by atoms with E-state index >= 15 is 0 Å². The Labute approximate surface area is 120 Å². The van der Waals surface area contributed by atoms with Crippen molar-refractivity contribution >= 4 is 15.8 Å². The van der Waals surface area contributed by atoms with Crippen LogP contribution in [0.5, 0.6) is 0 Å². The molecule has 0 saturated carbocycles. The Hall–Kier alpha value is -1.30. The highest BCUT2D eigenvalue weighted by Gasteiger charge is 2.29. The van der Waals surface area contributed by atoms with Gasteiger partial charge in [0, 0.05) is 12.7 Å². The predicted molar refractivity (Wildman–Crippen MR) is 78.7 cm³/mol. The van der Waals surface area contributed by atoms with Crippen LogP contribution in [0, 0.1) is 6.92 Å². The van der Waals surface area contributed by atoms with E-state index in [1.54, 1.807) is 51.4 Å². The van der Waals surface area contributed by atoms with Crippen LogP contribution in [0.15, 0.2) is 12.3 Å². The Morgan fingerprint density at radius 2 is 1.95 bits per heavy atom. The third-order valence-electron chi connectivity index (χ3n) is 3.17. The lowest BCUT2D eigenvalue weighted by molar-refractivity contribution is 0.0513. The van der Waals surface area contributed by atoms with E-state index < -0.39 is 20.6 Å². The number of nitrogens with zero attached hydrogens (tertiary/aromatic N) is 1. The van der Waals surface area contributed by atoms with Gasteiger partial charge in [-0.3, -0.25) is 0 Å². The number of carbonyl (C=O) groups is 1. The summed E-state index contributed by atoms with van der Waals surface area (Å²) in [5.74, 6) is -0.417. The van der Waals surface area contributed by atoms with Gasteiger partial charge in [-0.05, 0) is 46.2 Å². The minimum absolute atomic E-state index is 0.00295. The summed E-state index contributed by atoms with van der Waals surface area (Å²) in [4.78, 5) is 11.9. The molecule has 114 valence electrons. The van der Waals surface area contributed by atoms with Gasteiger partial charge in [-0.15, -0.1) is 0 Å². The first-order valence-corrected chi connectivity index (χ1v) is 8.30. The van der Waals surface area contributed by atoms with Gasteiger partial charge >= 0.3 is 5.97 Å². The first-order chi connectivity index (χ1) is 9.10. The average molecular weight is 301 g/mol. The normalized spacial score (nSPS) is 12.4. The number of esters is 1. The Bertz CT molecular complexity index is 579. The van der Waals surface area contributed by atoms with Gasteiger partial charge in [0.2, 0.25) is 0 Å². The van der Waals surface area contributed by atoms with E-state index in [0.29, 0.717) is 12.3 Å². The van der Waals surface area contributed by atoms with Gasteiger partial charge in [0.1, 0.15) is 5.69 Å². The van der Waals surface area contributed by atoms with Crippen LogP contribution in [0.25, 0.3) is 0 Å². The van der Waals surface area contributed by atoms with Crippen LogP contribution in [0.3, 0.4) is 0 Å². The van der Waals surface area contributed by atoms with Crippen molar-refractivity contribution in [3.63, 3.8) is 0 Å². The number of ether oxygens (including phenoxy) is 1. The largest absolute Gasteiger partial charge is 0.461 e. The van der Waals surface area contributed by atoms with Gasteiger partial charge in [0.05, 0.1) is 17.1 Å². The number of rotatable bonds is 5. The predicted octanol–water partition coefficient (Wildman–Crippen LogP) is 2.19. The molecule has 1 heterocycles. The van der Waals surface area contributed by atoms with Gasteiger partial charge in [-0.2, -0.15) is 0 Å². The summed E-state index contributed by atoms with van der Waals surface area (Å²) in [6.45, 7) is 9.12. The molecule has 1 aromatic heterocycles. The molecule has 20 heavy (non-hydrogen) atoms. The molecular formula is C14H23NO4S. The lowest BCUT2D eigenvalue weighted by Crippen LogP contribution is -2.32. The fraction of sp³-hybridized carbons (Fsp3) is 0.643. The molecule has 0 aliphatic carbocycles. The lowest BCUT2D eigenvalue weighted by atomic mass is 10.3. The summed E-state index contributed by atoms with van der Waals surface area (Å²) >= 11 is 0. The van der Waals surface area contributed by atoms with E-state index in [1.807, 2.05) is 0 Å². The highest BCUT2D eigenvalue weighted by molar-refractivity contribution is 7.92. The number of hydrogen-bond acceptors (Lipinski definition) is 4. The van der Waals surface area contributed by atoms with E-state index in [2.05, 4.69) is 0 Å². The molecule has 0 unspecified atom stereocenters. The number of aryl methyl sites for hydroxylation is 2. The molecule has 0 N–H and O–H groups in total. The Morgan fingerprint density at radius 1 is 1.35 bits per heavy atom. The number of aromatic nitrogens is 1. The summed E-state index contributed by atoms with van der Waals surface area (Å²) in [6.07, 6.45) is 1.72. The SMILES string of the molecule is CCOC(=O)c1c(C)ccn1CCS(=O)(=O)C(C)(C)C. The smallest absolute Gasteiger partial charge is 0.355 e. The lowest BCUT2D eigenvalue weighted by Gasteiger charge is -2.19. The maximum Gasteiger partial charge on any atom is 0.355 e. The molecule has 0 aromatic carbocycles. The third-order valence-corrected chi connectivity index (χ3v) is 5.75. The van der Waals surface area contributed by atoms with Crippen molar-refractivity contribution in [2.45, 2.75) is 45.9 Å². The average Bonchev–Trinajstić information content (AvgIpc) is 2.67. The maximum absolute atomic E-state index is 12.1. The quantitative estimate of drug-likeness (QED) is 0.782. The number of sulfone groups is 1. The Balaban J connectivity index is 2.93. The second-order valence-electron chi connectivity index (χ2n) is 5.69. The number of hydrogen-bond donors (Lipinski definition) is 0. The van der Waals surface area contributed by atoms with Crippen LogP contribution in [-0.4, -0.2) is 36.1 Å². The molecule has 0 spiro atoms. The molecule has 0 aliphatic heterocycles. The van der Waals surface area contributed by atoms with E-state index in [1.165, 1.54) is 0 Å². The van der Waals surface area contributed by atoms with Gasteiger partial charge in [0.25, 0.3) is 0 Å². The van der Waals surface area contributed by atoms with Gasteiger partial charge < -0.3 is 9.30 Å². The minimum Gasteiger partial charge on any atom is -0.461 e. The van der Waals surface area contributed by atoms with Gasteiger partial charge in [-0.25, -0.2) is 13.2 Å². The summed E-state index contributed by atoms with van der Waals surface area (Å²) in [6, 6.07) is 1.79. The summed E-state index contributed by atoms with van der Waals surface area (Å²) in [5, 5.41) is 0. The van der Waals surface area contributed by atoms with Crippen LogP contribution in [0.2, 0.25) is 0 Å². The Morgan fingerprint density at radius 3 is 2.45 bits per heavy atom. The van der Waals surface area contributed by atoms with Gasteiger partial charge in [0.15, 0.2) is 9.84 Å². The monoisotopic (exact) mass is 301 g/mol. The zero-order valence-electron chi connectivity index (χ0n) is 12.8. The topological polar surface area (TPSA) is 65.4 Å². The molecule has 1 rings (SSSR count). The fourth-order valence-electron chi connectivity index (χ4n) is 1.77. The molecule has 1 aromatic rings. The zero-order chi connectivity index (χ0) is 15.6. The van der Waals surface area contributed by atoms with Crippen LogP contribution >= 0.6 is 0 Å². The summed E-state index contributed by atoms with van der Waals surface area (Å²) in [5.41, 5.74) is 1.22. The molecule has 0 radical (unpaired) electrons. The molecule has 0 atom stereocenters.